The smallest absolute Gasteiger partial charge is 0.227 e. The van der Waals surface area contributed by atoms with E-state index in [9.17, 15) is 4.79 Å². The molecule has 156 valence electrons. The molecule has 4 aromatic rings. The molecule has 1 aliphatic heterocycles. The number of hydrogen-bond donors (Lipinski definition) is 0. The third kappa shape index (κ3) is 3.56. The van der Waals surface area contributed by atoms with Gasteiger partial charge in [0.1, 0.15) is 11.6 Å². The number of carbonyl (C=O) groups is 1. The zero-order valence-electron chi connectivity index (χ0n) is 17.8. The number of nitrogens with zero attached hydrogens (tertiary/aromatic N) is 3. The van der Waals surface area contributed by atoms with Crippen molar-refractivity contribution in [3.63, 3.8) is 0 Å². The van der Waals surface area contributed by atoms with Gasteiger partial charge in [-0.25, -0.2) is 4.98 Å². The molecule has 1 saturated heterocycles. The third-order valence-corrected chi connectivity index (χ3v) is 6.08. The van der Waals surface area contributed by atoms with Gasteiger partial charge in [-0.2, -0.15) is 0 Å². The Morgan fingerprint density at radius 2 is 1.74 bits per heavy atom. The SMILES string of the molecule is COc1ccc(Cn2c(C3CC(=O)N(c4ccccc4C)C3)nc3ccccc32)cc1. The van der Waals surface area contributed by atoms with Gasteiger partial charge in [-0.3, -0.25) is 4.79 Å². The molecule has 1 unspecified atom stereocenters. The third-order valence-electron chi connectivity index (χ3n) is 6.08. The predicted octanol–water partition coefficient (Wildman–Crippen LogP) is 4.92. The second kappa shape index (κ2) is 7.91. The van der Waals surface area contributed by atoms with Crippen molar-refractivity contribution < 1.29 is 9.53 Å². The Labute approximate surface area is 181 Å². The molecule has 0 spiro atoms. The Kier molecular flexibility index (Phi) is 4.94. The van der Waals surface area contributed by atoms with E-state index in [1.807, 2.05) is 53.4 Å². The molecule has 1 aliphatic rings. The van der Waals surface area contributed by atoms with E-state index >= 15 is 0 Å². The summed E-state index contributed by atoms with van der Waals surface area (Å²) >= 11 is 0. The summed E-state index contributed by atoms with van der Waals surface area (Å²) in [5, 5.41) is 0. The van der Waals surface area contributed by atoms with Gasteiger partial charge in [0.05, 0.1) is 18.1 Å². The minimum absolute atomic E-state index is 0.0535. The molecule has 31 heavy (non-hydrogen) atoms. The molecule has 0 N–H and O–H groups in total. The lowest BCUT2D eigenvalue weighted by Gasteiger charge is -2.19. The van der Waals surface area contributed by atoms with Crippen LogP contribution >= 0.6 is 0 Å². The van der Waals surface area contributed by atoms with Gasteiger partial charge in [0.15, 0.2) is 0 Å². The number of aryl methyl sites for hydroxylation is 1. The summed E-state index contributed by atoms with van der Waals surface area (Å²) in [5.74, 6) is 2.02. The van der Waals surface area contributed by atoms with E-state index in [4.69, 9.17) is 9.72 Å². The largest absolute Gasteiger partial charge is 0.497 e. The van der Waals surface area contributed by atoms with Crippen LogP contribution in [-0.2, 0) is 11.3 Å². The van der Waals surface area contributed by atoms with Crippen molar-refractivity contribution in [2.75, 3.05) is 18.6 Å². The maximum atomic E-state index is 12.9. The lowest BCUT2D eigenvalue weighted by Crippen LogP contribution is -2.25. The summed E-state index contributed by atoms with van der Waals surface area (Å²) < 4.78 is 7.55. The minimum atomic E-state index is 0.0535. The molecule has 2 heterocycles. The number of benzene rings is 3. The van der Waals surface area contributed by atoms with Gasteiger partial charge in [0, 0.05) is 31.1 Å². The van der Waals surface area contributed by atoms with Gasteiger partial charge in [-0.15, -0.1) is 0 Å². The standard InChI is InChI=1S/C26H25N3O2/c1-18-7-3-5-9-23(18)28-17-20(15-25(28)30)26-27-22-8-4-6-10-24(22)29(26)16-19-11-13-21(31-2)14-12-19/h3-14,20H,15-17H2,1-2H3. The van der Waals surface area contributed by atoms with E-state index in [1.54, 1.807) is 7.11 Å². The predicted molar refractivity (Wildman–Crippen MR) is 123 cm³/mol. The number of anilines is 1. The number of fused-ring (bicyclic) bond motifs is 1. The van der Waals surface area contributed by atoms with Crippen LogP contribution < -0.4 is 9.64 Å². The normalized spacial score (nSPS) is 16.3. The summed E-state index contributed by atoms with van der Waals surface area (Å²) in [4.78, 5) is 19.8. The van der Waals surface area contributed by atoms with Gasteiger partial charge in [0.2, 0.25) is 5.91 Å². The topological polar surface area (TPSA) is 47.4 Å². The summed E-state index contributed by atoms with van der Waals surface area (Å²) in [5.41, 5.74) is 5.34. The molecule has 0 saturated carbocycles. The molecule has 0 bridgehead atoms. The Morgan fingerprint density at radius 1 is 1.00 bits per heavy atom. The molecular formula is C26H25N3O2. The van der Waals surface area contributed by atoms with Gasteiger partial charge >= 0.3 is 0 Å². The average Bonchev–Trinajstić information content (AvgIpc) is 3.35. The molecule has 1 atom stereocenters. The zero-order valence-corrected chi connectivity index (χ0v) is 17.8. The van der Waals surface area contributed by atoms with Crippen molar-refractivity contribution in [2.24, 2.45) is 0 Å². The van der Waals surface area contributed by atoms with Crippen molar-refractivity contribution in [2.45, 2.75) is 25.8 Å². The van der Waals surface area contributed by atoms with Crippen LogP contribution in [0.4, 0.5) is 5.69 Å². The first-order valence-corrected chi connectivity index (χ1v) is 10.6. The van der Waals surface area contributed by atoms with E-state index in [0.717, 1.165) is 33.9 Å². The Bertz CT molecular complexity index is 1240. The van der Waals surface area contributed by atoms with Crippen LogP contribution in [0.1, 0.15) is 29.3 Å². The fourth-order valence-electron chi connectivity index (χ4n) is 4.47. The van der Waals surface area contributed by atoms with E-state index in [0.29, 0.717) is 19.5 Å². The molecule has 5 rings (SSSR count). The van der Waals surface area contributed by atoms with Crippen LogP contribution in [0.3, 0.4) is 0 Å². The van der Waals surface area contributed by atoms with Gasteiger partial charge in [-0.05, 0) is 48.4 Å². The van der Waals surface area contributed by atoms with Crippen LogP contribution in [0.5, 0.6) is 5.75 Å². The fraction of sp³-hybridized carbons (Fsp3) is 0.231. The summed E-state index contributed by atoms with van der Waals surface area (Å²) in [6.07, 6.45) is 0.472. The summed E-state index contributed by atoms with van der Waals surface area (Å²) in [6.45, 7) is 3.40. The maximum absolute atomic E-state index is 12.9. The highest BCUT2D eigenvalue weighted by molar-refractivity contribution is 5.97. The molecule has 1 aromatic heterocycles. The number of ether oxygens (including phenoxy) is 1. The number of methoxy groups -OCH3 is 1. The average molecular weight is 412 g/mol. The maximum Gasteiger partial charge on any atom is 0.227 e. The Morgan fingerprint density at radius 3 is 2.52 bits per heavy atom. The Balaban J connectivity index is 1.52. The molecule has 1 fully saturated rings. The van der Waals surface area contributed by atoms with Gasteiger partial charge in [0.25, 0.3) is 0 Å². The summed E-state index contributed by atoms with van der Waals surface area (Å²) in [7, 11) is 1.67. The molecule has 5 nitrogen and oxygen atoms in total. The van der Waals surface area contributed by atoms with E-state index in [2.05, 4.69) is 35.8 Å². The number of carbonyl (C=O) groups excluding carboxylic acids is 1. The molecule has 0 aliphatic carbocycles. The quantitative estimate of drug-likeness (QED) is 0.468. The highest BCUT2D eigenvalue weighted by atomic mass is 16.5. The van der Waals surface area contributed by atoms with Crippen molar-refractivity contribution in [3.8, 4) is 5.75 Å². The highest BCUT2D eigenvalue weighted by Crippen LogP contribution is 2.34. The first-order chi connectivity index (χ1) is 15.1. The van der Waals surface area contributed by atoms with E-state index in [1.165, 1.54) is 5.56 Å². The van der Waals surface area contributed by atoms with E-state index in [-0.39, 0.29) is 11.8 Å². The number of aromatic nitrogens is 2. The minimum Gasteiger partial charge on any atom is -0.497 e. The Hall–Kier alpha value is -3.60. The van der Waals surface area contributed by atoms with Crippen molar-refractivity contribution in [3.05, 3.63) is 89.7 Å². The molecular weight excluding hydrogens is 386 g/mol. The first kappa shape index (κ1) is 19.4. The second-order valence-electron chi connectivity index (χ2n) is 8.08. The lowest BCUT2D eigenvalue weighted by molar-refractivity contribution is -0.117. The molecule has 3 aromatic carbocycles. The molecule has 1 amide bonds. The van der Waals surface area contributed by atoms with Crippen molar-refractivity contribution in [1.29, 1.82) is 0 Å². The summed E-state index contributed by atoms with van der Waals surface area (Å²) in [6, 6.07) is 24.4. The molecule has 5 heteroatoms. The number of para-hydroxylation sites is 3. The molecule has 0 radical (unpaired) electrons. The lowest BCUT2D eigenvalue weighted by atomic mass is 10.1. The monoisotopic (exact) mass is 411 g/mol. The van der Waals surface area contributed by atoms with Crippen LogP contribution in [0.15, 0.2) is 72.8 Å². The highest BCUT2D eigenvalue weighted by Gasteiger charge is 2.35. The second-order valence-corrected chi connectivity index (χ2v) is 8.08. The fourth-order valence-corrected chi connectivity index (χ4v) is 4.47. The number of imidazole rings is 1. The van der Waals surface area contributed by atoms with Crippen LogP contribution in [0, 0.1) is 6.92 Å². The number of hydrogen-bond acceptors (Lipinski definition) is 3. The van der Waals surface area contributed by atoms with E-state index < -0.39 is 0 Å². The van der Waals surface area contributed by atoms with Gasteiger partial charge < -0.3 is 14.2 Å². The van der Waals surface area contributed by atoms with Gasteiger partial charge in [-0.1, -0.05) is 42.5 Å². The van der Waals surface area contributed by atoms with Crippen LogP contribution in [-0.4, -0.2) is 29.1 Å². The van der Waals surface area contributed by atoms with Crippen molar-refractivity contribution >= 4 is 22.6 Å². The zero-order chi connectivity index (χ0) is 21.4. The first-order valence-electron chi connectivity index (χ1n) is 10.6. The van der Waals surface area contributed by atoms with Crippen LogP contribution in [0.25, 0.3) is 11.0 Å². The van der Waals surface area contributed by atoms with Crippen molar-refractivity contribution in [1.82, 2.24) is 9.55 Å². The number of rotatable bonds is 5. The van der Waals surface area contributed by atoms with Crippen LogP contribution in [0.2, 0.25) is 0 Å². The number of amides is 1.